The molecule has 0 bridgehead atoms. The van der Waals surface area contributed by atoms with E-state index in [2.05, 4.69) is 6.58 Å². The Morgan fingerprint density at radius 3 is 2.14 bits per heavy atom. The lowest BCUT2D eigenvalue weighted by Crippen LogP contribution is -2.47. The van der Waals surface area contributed by atoms with Crippen LogP contribution in [-0.2, 0) is 19.0 Å². The van der Waals surface area contributed by atoms with E-state index in [9.17, 15) is 4.79 Å². The van der Waals surface area contributed by atoms with Crippen molar-refractivity contribution in [2.75, 3.05) is 14.2 Å². The van der Waals surface area contributed by atoms with Gasteiger partial charge in [0.25, 0.3) is 0 Å². The second kappa shape index (κ2) is 5.28. The van der Waals surface area contributed by atoms with Crippen LogP contribution in [0.4, 0.5) is 0 Å². The molecule has 0 rings (SSSR count). The summed E-state index contributed by atoms with van der Waals surface area (Å²) < 4.78 is 15.4. The SMILES string of the molecule is C=C(C)C(=O)OC(C)C([SiH3])(OC)OC. The molecule has 5 heteroatoms. The van der Waals surface area contributed by atoms with Crippen LogP contribution in [0.3, 0.4) is 0 Å². The van der Waals surface area contributed by atoms with E-state index in [1.54, 1.807) is 13.8 Å². The highest BCUT2D eigenvalue weighted by Crippen LogP contribution is 2.15. The molecule has 14 heavy (non-hydrogen) atoms. The van der Waals surface area contributed by atoms with Crippen molar-refractivity contribution in [2.24, 2.45) is 0 Å². The molecule has 0 aromatic heterocycles. The summed E-state index contributed by atoms with van der Waals surface area (Å²) in [4.78, 5) is 11.2. The quantitative estimate of drug-likeness (QED) is 0.278. The smallest absolute Gasteiger partial charge is 0.333 e. The van der Waals surface area contributed by atoms with E-state index in [-0.39, 0.29) is 0 Å². The minimum absolute atomic E-state index is 0.369. The Bertz CT molecular complexity index is 223. The maximum atomic E-state index is 11.2. The molecule has 4 nitrogen and oxygen atoms in total. The Morgan fingerprint density at radius 1 is 1.43 bits per heavy atom. The van der Waals surface area contributed by atoms with Crippen LogP contribution in [0.25, 0.3) is 0 Å². The lowest BCUT2D eigenvalue weighted by molar-refractivity contribution is -0.209. The predicted octanol–water partition coefficient (Wildman–Crippen LogP) is -0.194. The average molecular weight is 218 g/mol. The van der Waals surface area contributed by atoms with Gasteiger partial charge in [-0.3, -0.25) is 0 Å². The standard InChI is InChI=1S/C9H18O4Si/c1-6(2)8(10)13-7(3)9(14,11-4)12-5/h7H,1H2,2-5,14H3. The molecule has 0 aliphatic carbocycles. The summed E-state index contributed by atoms with van der Waals surface area (Å²) in [5.41, 5.74) is -0.418. The Hall–Kier alpha value is -0.653. The highest BCUT2D eigenvalue weighted by molar-refractivity contribution is 6.14. The van der Waals surface area contributed by atoms with Crippen molar-refractivity contribution in [3.63, 3.8) is 0 Å². The maximum Gasteiger partial charge on any atom is 0.333 e. The molecule has 0 aliphatic rings. The summed E-state index contributed by atoms with van der Waals surface area (Å²) in [5.74, 6) is -0.424. The molecule has 82 valence electrons. The highest BCUT2D eigenvalue weighted by Gasteiger charge is 2.33. The molecule has 0 saturated carbocycles. The van der Waals surface area contributed by atoms with Crippen LogP contribution in [-0.4, -0.2) is 41.9 Å². The number of ether oxygens (including phenoxy) is 3. The van der Waals surface area contributed by atoms with Gasteiger partial charge in [0.2, 0.25) is 0 Å². The number of carbonyl (C=O) groups is 1. The second-order valence-electron chi connectivity index (χ2n) is 3.25. The van der Waals surface area contributed by atoms with E-state index >= 15 is 0 Å². The van der Waals surface area contributed by atoms with Crippen molar-refractivity contribution < 1.29 is 19.0 Å². The molecule has 0 aromatic carbocycles. The van der Waals surface area contributed by atoms with Gasteiger partial charge >= 0.3 is 5.97 Å². The number of hydrogen-bond acceptors (Lipinski definition) is 4. The van der Waals surface area contributed by atoms with Gasteiger partial charge in [-0.25, -0.2) is 4.79 Å². The van der Waals surface area contributed by atoms with Crippen molar-refractivity contribution in [3.05, 3.63) is 12.2 Å². The van der Waals surface area contributed by atoms with Gasteiger partial charge in [0.05, 0.1) is 10.2 Å². The Kier molecular flexibility index (Phi) is 5.04. The van der Waals surface area contributed by atoms with Crippen LogP contribution in [0.2, 0.25) is 0 Å². The summed E-state index contributed by atoms with van der Waals surface area (Å²) in [6, 6.07) is 0. The molecule has 0 N–H and O–H groups in total. The molecule has 0 radical (unpaired) electrons. The highest BCUT2D eigenvalue weighted by atomic mass is 28.1. The van der Waals surface area contributed by atoms with E-state index < -0.39 is 17.5 Å². The van der Waals surface area contributed by atoms with Crippen LogP contribution in [0.5, 0.6) is 0 Å². The van der Waals surface area contributed by atoms with Gasteiger partial charge in [-0.15, -0.1) is 0 Å². The Labute approximate surface area is 87.6 Å². The minimum Gasteiger partial charge on any atom is -0.454 e. The van der Waals surface area contributed by atoms with Gasteiger partial charge < -0.3 is 14.2 Å². The van der Waals surface area contributed by atoms with Crippen molar-refractivity contribution in [1.82, 2.24) is 0 Å². The summed E-state index contributed by atoms with van der Waals surface area (Å²) in [5, 5.41) is 0. The van der Waals surface area contributed by atoms with Crippen molar-refractivity contribution in [3.8, 4) is 0 Å². The summed E-state index contributed by atoms with van der Waals surface area (Å²) in [7, 11) is 3.66. The fourth-order valence-electron chi connectivity index (χ4n) is 0.783. The molecule has 1 unspecified atom stereocenters. The lowest BCUT2D eigenvalue weighted by Gasteiger charge is -2.32. The third-order valence-corrected chi connectivity index (χ3v) is 3.81. The number of methoxy groups -OCH3 is 2. The number of esters is 1. The molecular weight excluding hydrogens is 200 g/mol. The lowest BCUT2D eigenvalue weighted by atomic mass is 10.3. The molecule has 0 aliphatic heterocycles. The topological polar surface area (TPSA) is 44.8 Å². The fourth-order valence-corrected chi connectivity index (χ4v) is 0.901. The molecule has 1 atom stereocenters. The zero-order valence-electron chi connectivity index (χ0n) is 9.42. The van der Waals surface area contributed by atoms with E-state index in [1.165, 1.54) is 14.2 Å². The van der Waals surface area contributed by atoms with Crippen molar-refractivity contribution in [2.45, 2.75) is 25.4 Å². The van der Waals surface area contributed by atoms with Crippen LogP contribution in [0.1, 0.15) is 13.8 Å². The maximum absolute atomic E-state index is 11.2. The van der Waals surface area contributed by atoms with Crippen LogP contribution < -0.4 is 0 Å². The fraction of sp³-hybridized carbons (Fsp3) is 0.667. The van der Waals surface area contributed by atoms with Crippen LogP contribution in [0.15, 0.2) is 12.2 Å². The van der Waals surface area contributed by atoms with E-state index in [0.717, 1.165) is 0 Å². The van der Waals surface area contributed by atoms with Gasteiger partial charge in [0.1, 0.15) is 6.10 Å². The van der Waals surface area contributed by atoms with Crippen molar-refractivity contribution in [1.29, 1.82) is 0 Å². The largest absolute Gasteiger partial charge is 0.454 e. The van der Waals surface area contributed by atoms with E-state index in [4.69, 9.17) is 14.2 Å². The van der Waals surface area contributed by atoms with E-state index in [0.29, 0.717) is 15.8 Å². The summed E-state index contributed by atoms with van der Waals surface area (Å²) >= 11 is 0. The predicted molar refractivity (Wildman–Crippen MR) is 57.1 cm³/mol. The van der Waals surface area contributed by atoms with Gasteiger partial charge in [0, 0.05) is 19.8 Å². The molecule has 0 heterocycles. The van der Waals surface area contributed by atoms with E-state index in [1.807, 2.05) is 0 Å². The zero-order chi connectivity index (χ0) is 11.4. The molecule has 0 amide bonds. The molecule has 0 fully saturated rings. The number of carbonyl (C=O) groups excluding carboxylic acids is 1. The first-order valence-electron chi connectivity index (χ1n) is 4.34. The van der Waals surface area contributed by atoms with Crippen LogP contribution >= 0.6 is 0 Å². The van der Waals surface area contributed by atoms with Crippen LogP contribution in [0, 0.1) is 0 Å². The monoisotopic (exact) mass is 218 g/mol. The molecule has 0 saturated heterocycles. The summed E-state index contributed by atoms with van der Waals surface area (Å²) in [6.07, 6.45) is -0.437. The van der Waals surface area contributed by atoms with Gasteiger partial charge in [-0.2, -0.15) is 0 Å². The summed E-state index contributed by atoms with van der Waals surface area (Å²) in [6.45, 7) is 6.83. The Morgan fingerprint density at radius 2 is 1.86 bits per heavy atom. The van der Waals surface area contributed by atoms with Crippen molar-refractivity contribution >= 4 is 16.2 Å². The average Bonchev–Trinajstić information content (AvgIpc) is 2.16. The van der Waals surface area contributed by atoms with Gasteiger partial charge in [-0.1, -0.05) is 6.58 Å². The third kappa shape index (κ3) is 3.25. The second-order valence-corrected chi connectivity index (χ2v) is 4.65. The molecule has 0 aromatic rings. The zero-order valence-corrected chi connectivity index (χ0v) is 11.4. The molecule has 0 spiro atoms. The minimum atomic E-state index is -0.787. The number of hydrogen-bond donors (Lipinski definition) is 0. The first-order valence-corrected chi connectivity index (χ1v) is 5.34. The van der Waals surface area contributed by atoms with Gasteiger partial charge in [0.15, 0.2) is 5.41 Å². The van der Waals surface area contributed by atoms with Gasteiger partial charge in [-0.05, 0) is 13.8 Å². The molecular formula is C9H18O4Si. The first kappa shape index (κ1) is 13.3. The normalized spacial score (nSPS) is 13.7. The third-order valence-electron chi connectivity index (χ3n) is 2.18. The number of rotatable bonds is 5. The first-order chi connectivity index (χ1) is 6.37. The Balaban J connectivity index is 4.39.